The molecule has 0 radical (unpaired) electrons. The number of hydrogen-bond acceptors (Lipinski definition) is 7. The Morgan fingerprint density at radius 3 is 2.56 bits per heavy atom. The van der Waals surface area contributed by atoms with Crippen molar-refractivity contribution in [2.75, 3.05) is 5.75 Å². The molecule has 1 heterocycles. The minimum absolute atomic E-state index is 0.187. The van der Waals surface area contributed by atoms with E-state index >= 15 is 0 Å². The maximum atomic E-state index is 11.9. The maximum absolute atomic E-state index is 11.9. The monoisotopic (exact) mass is 434 g/mol. The first-order valence-electron chi connectivity index (χ1n) is 7.90. The molecule has 3 rings (SSSR count). The number of aromatic nitrogens is 2. The van der Waals surface area contributed by atoms with Crippen LogP contribution in [0.1, 0.15) is 11.1 Å². The van der Waals surface area contributed by atoms with Crippen molar-refractivity contribution in [3.63, 3.8) is 0 Å². The first kappa shape index (κ1) is 19.9. The molecule has 3 aromatic rings. The minimum atomic E-state index is -0.187. The van der Waals surface area contributed by atoms with Gasteiger partial charge in [0.25, 0.3) is 5.91 Å². The first-order valence-corrected chi connectivity index (χ1v) is 11.1. The van der Waals surface area contributed by atoms with E-state index in [1.807, 2.05) is 54.6 Å². The summed E-state index contributed by atoms with van der Waals surface area (Å²) >= 11 is 10.5. The smallest absolute Gasteiger partial charge is 0.250 e. The van der Waals surface area contributed by atoms with Gasteiger partial charge in [-0.15, -0.1) is 10.2 Å². The Bertz CT molecular complexity index is 918. The summed E-state index contributed by atoms with van der Waals surface area (Å²) in [6, 6.07) is 17.3. The third-order valence-electron chi connectivity index (χ3n) is 3.23. The van der Waals surface area contributed by atoms with Crippen LogP contribution in [0.15, 0.2) is 68.4 Å². The molecular weight excluding hydrogens is 420 g/mol. The zero-order chi connectivity index (χ0) is 18.9. The van der Waals surface area contributed by atoms with Gasteiger partial charge in [0.15, 0.2) is 8.68 Å². The molecule has 0 fully saturated rings. The van der Waals surface area contributed by atoms with Gasteiger partial charge in [-0.05, 0) is 17.2 Å². The predicted octanol–water partition coefficient (Wildman–Crippen LogP) is 4.73. The van der Waals surface area contributed by atoms with Crippen LogP contribution in [0.25, 0.3) is 0 Å². The molecule has 2 aromatic carbocycles. The number of benzene rings is 2. The van der Waals surface area contributed by atoms with Gasteiger partial charge in [0.1, 0.15) is 0 Å². The zero-order valence-electron chi connectivity index (χ0n) is 14.0. The molecule has 0 unspecified atom stereocenters. The van der Waals surface area contributed by atoms with Gasteiger partial charge >= 0.3 is 0 Å². The Kier molecular flexibility index (Phi) is 7.70. The largest absolute Gasteiger partial charge is 0.272 e. The highest BCUT2D eigenvalue weighted by Crippen LogP contribution is 2.32. The Morgan fingerprint density at radius 2 is 1.78 bits per heavy atom. The SMILES string of the molecule is O=C(CSc1nnc(SCc2ccccc2Cl)s1)N/N=C/c1ccccc1. The molecule has 138 valence electrons. The molecule has 1 N–H and O–H groups in total. The fourth-order valence-electron chi connectivity index (χ4n) is 1.95. The number of carbonyl (C=O) groups excluding carboxylic acids is 1. The van der Waals surface area contributed by atoms with Crippen LogP contribution in [-0.4, -0.2) is 28.1 Å². The quantitative estimate of drug-likeness (QED) is 0.315. The molecule has 0 aliphatic carbocycles. The van der Waals surface area contributed by atoms with Crippen LogP contribution < -0.4 is 5.43 Å². The number of hydrazone groups is 1. The predicted molar refractivity (Wildman–Crippen MR) is 114 cm³/mol. The highest BCUT2D eigenvalue weighted by atomic mass is 35.5. The van der Waals surface area contributed by atoms with Crippen LogP contribution in [0.2, 0.25) is 5.02 Å². The number of nitrogens with one attached hydrogen (secondary N) is 1. The molecule has 1 aromatic heterocycles. The van der Waals surface area contributed by atoms with E-state index in [9.17, 15) is 4.79 Å². The lowest BCUT2D eigenvalue weighted by Crippen LogP contribution is -2.19. The molecular formula is C18H15ClN4OS3. The van der Waals surface area contributed by atoms with Crippen molar-refractivity contribution in [3.05, 3.63) is 70.7 Å². The molecule has 0 spiro atoms. The minimum Gasteiger partial charge on any atom is -0.272 e. The van der Waals surface area contributed by atoms with Crippen LogP contribution in [0, 0.1) is 0 Å². The number of nitrogens with zero attached hydrogens (tertiary/aromatic N) is 3. The number of amides is 1. The van der Waals surface area contributed by atoms with Gasteiger partial charge in [0.2, 0.25) is 0 Å². The summed E-state index contributed by atoms with van der Waals surface area (Å²) < 4.78 is 1.60. The first-order chi connectivity index (χ1) is 13.2. The molecule has 0 bridgehead atoms. The molecule has 0 saturated carbocycles. The highest BCUT2D eigenvalue weighted by molar-refractivity contribution is 8.03. The normalized spacial score (nSPS) is 11.0. The van der Waals surface area contributed by atoms with E-state index < -0.39 is 0 Å². The lowest BCUT2D eigenvalue weighted by atomic mass is 10.2. The lowest BCUT2D eigenvalue weighted by molar-refractivity contribution is -0.118. The van der Waals surface area contributed by atoms with Gasteiger partial charge in [-0.2, -0.15) is 5.10 Å². The van der Waals surface area contributed by atoms with E-state index in [0.717, 1.165) is 30.6 Å². The lowest BCUT2D eigenvalue weighted by Gasteiger charge is -2.00. The van der Waals surface area contributed by atoms with E-state index in [2.05, 4.69) is 20.7 Å². The average molecular weight is 435 g/mol. The summed E-state index contributed by atoms with van der Waals surface area (Å²) in [6.45, 7) is 0. The van der Waals surface area contributed by atoms with Crippen molar-refractivity contribution in [2.45, 2.75) is 14.4 Å². The van der Waals surface area contributed by atoms with Crippen molar-refractivity contribution < 1.29 is 4.79 Å². The highest BCUT2D eigenvalue weighted by Gasteiger charge is 2.09. The molecule has 0 aliphatic heterocycles. The second kappa shape index (κ2) is 10.5. The average Bonchev–Trinajstić information content (AvgIpc) is 3.14. The van der Waals surface area contributed by atoms with E-state index in [-0.39, 0.29) is 11.7 Å². The molecule has 0 saturated heterocycles. The number of halogens is 1. The zero-order valence-corrected chi connectivity index (χ0v) is 17.2. The fourth-order valence-corrected chi connectivity index (χ4v) is 5.04. The number of thioether (sulfide) groups is 2. The van der Waals surface area contributed by atoms with E-state index in [0.29, 0.717) is 0 Å². The maximum Gasteiger partial charge on any atom is 0.250 e. The van der Waals surface area contributed by atoms with E-state index in [4.69, 9.17) is 11.6 Å². The van der Waals surface area contributed by atoms with E-state index in [1.165, 1.54) is 23.1 Å². The van der Waals surface area contributed by atoms with Crippen LogP contribution >= 0.6 is 46.5 Å². The van der Waals surface area contributed by atoms with Crippen molar-refractivity contribution in [2.24, 2.45) is 5.10 Å². The molecule has 9 heteroatoms. The van der Waals surface area contributed by atoms with Crippen LogP contribution in [-0.2, 0) is 10.5 Å². The number of carbonyl (C=O) groups is 1. The Hall–Kier alpha value is -1.87. The van der Waals surface area contributed by atoms with Gasteiger partial charge in [0.05, 0.1) is 12.0 Å². The van der Waals surface area contributed by atoms with Crippen LogP contribution in [0.3, 0.4) is 0 Å². The summed E-state index contributed by atoms with van der Waals surface area (Å²) in [5.74, 6) is 0.775. The molecule has 27 heavy (non-hydrogen) atoms. The topological polar surface area (TPSA) is 67.2 Å². The summed E-state index contributed by atoms with van der Waals surface area (Å²) in [5, 5.41) is 12.9. The van der Waals surface area contributed by atoms with E-state index in [1.54, 1.807) is 18.0 Å². The van der Waals surface area contributed by atoms with Gasteiger partial charge in [-0.1, -0.05) is 95.0 Å². The summed E-state index contributed by atoms with van der Waals surface area (Å²) in [4.78, 5) is 11.9. The third kappa shape index (κ3) is 6.66. The molecule has 1 amide bonds. The van der Waals surface area contributed by atoms with Crippen LogP contribution in [0.4, 0.5) is 0 Å². The van der Waals surface area contributed by atoms with Gasteiger partial charge < -0.3 is 0 Å². The second-order valence-electron chi connectivity index (χ2n) is 5.21. The Labute approximate surface area is 174 Å². The van der Waals surface area contributed by atoms with Crippen molar-refractivity contribution in [1.29, 1.82) is 0 Å². The Morgan fingerprint density at radius 1 is 1.07 bits per heavy atom. The molecule has 0 aliphatic rings. The van der Waals surface area contributed by atoms with Gasteiger partial charge in [-0.25, -0.2) is 5.43 Å². The van der Waals surface area contributed by atoms with Crippen molar-refractivity contribution in [3.8, 4) is 0 Å². The van der Waals surface area contributed by atoms with Crippen LogP contribution in [0.5, 0.6) is 0 Å². The fraction of sp³-hybridized carbons (Fsp3) is 0.111. The standard InChI is InChI=1S/C18H15ClN4OS3/c19-15-9-5-4-8-14(15)11-25-17-22-23-18(27-17)26-12-16(24)21-20-10-13-6-2-1-3-7-13/h1-10H,11-12H2,(H,21,24)/b20-10+. The summed E-state index contributed by atoms with van der Waals surface area (Å²) in [7, 11) is 0. The third-order valence-corrected chi connectivity index (χ3v) is 6.83. The van der Waals surface area contributed by atoms with Crippen molar-refractivity contribution in [1.82, 2.24) is 15.6 Å². The second-order valence-corrected chi connectivity index (χ2v) is 9.04. The molecule has 5 nitrogen and oxygen atoms in total. The Balaban J connectivity index is 1.42. The molecule has 0 atom stereocenters. The van der Waals surface area contributed by atoms with Gasteiger partial charge in [0, 0.05) is 10.8 Å². The summed E-state index contributed by atoms with van der Waals surface area (Å²) in [6.07, 6.45) is 1.61. The number of rotatable bonds is 8. The number of hydrogen-bond donors (Lipinski definition) is 1. The summed E-state index contributed by atoms with van der Waals surface area (Å²) in [5.41, 5.74) is 4.49. The van der Waals surface area contributed by atoms with Gasteiger partial charge in [-0.3, -0.25) is 4.79 Å². The van der Waals surface area contributed by atoms with Crippen molar-refractivity contribution >= 4 is 58.6 Å².